The molecule has 0 bridgehead atoms. The highest BCUT2D eigenvalue weighted by atomic mass is 79.9. The quantitative estimate of drug-likeness (QED) is 0.770. The van der Waals surface area contributed by atoms with Crippen LogP contribution in [0, 0.1) is 5.92 Å². The van der Waals surface area contributed by atoms with Gasteiger partial charge in [-0.1, -0.05) is 13.0 Å². The second-order valence-electron chi connectivity index (χ2n) is 4.68. The molecular weight excluding hydrogens is 288 g/mol. The lowest BCUT2D eigenvalue weighted by Gasteiger charge is -2.32. The molecule has 0 unspecified atom stereocenters. The van der Waals surface area contributed by atoms with Crippen molar-refractivity contribution in [3.05, 3.63) is 28.2 Å². The second-order valence-corrected chi connectivity index (χ2v) is 5.54. The number of hydrogen-bond donors (Lipinski definition) is 0. The first-order valence-electron chi connectivity index (χ1n) is 5.90. The maximum atomic E-state index is 12.5. The third-order valence-electron chi connectivity index (χ3n) is 3.35. The van der Waals surface area contributed by atoms with Crippen molar-refractivity contribution >= 4 is 21.6 Å². The summed E-state index contributed by atoms with van der Waals surface area (Å²) in [5, 5.41) is 0. The van der Waals surface area contributed by atoms with Gasteiger partial charge in [0.1, 0.15) is 0 Å². The van der Waals surface area contributed by atoms with Crippen molar-refractivity contribution in [1.29, 1.82) is 0 Å². The van der Waals surface area contributed by atoms with Crippen LogP contribution in [0.25, 0.3) is 0 Å². The van der Waals surface area contributed by atoms with Crippen molar-refractivity contribution in [3.8, 4) is 0 Å². The summed E-state index contributed by atoms with van der Waals surface area (Å²) in [4.78, 5) is 2.26. The van der Waals surface area contributed by atoms with Crippen LogP contribution in [0.1, 0.15) is 31.8 Å². The van der Waals surface area contributed by atoms with E-state index in [1.54, 1.807) is 6.07 Å². The number of nitrogens with zero attached hydrogens (tertiary/aromatic N) is 1. The molecule has 1 aliphatic heterocycles. The Labute approximate surface area is 109 Å². The molecule has 1 nitrogen and oxygen atoms in total. The number of alkyl halides is 2. The zero-order chi connectivity index (χ0) is 12.4. The molecule has 1 aromatic rings. The maximum Gasteiger partial charge on any atom is 0.263 e. The molecule has 0 amide bonds. The highest BCUT2D eigenvalue weighted by molar-refractivity contribution is 9.10. The minimum atomic E-state index is -2.40. The van der Waals surface area contributed by atoms with E-state index >= 15 is 0 Å². The van der Waals surface area contributed by atoms with Gasteiger partial charge in [-0.15, -0.1) is 0 Å². The Morgan fingerprint density at radius 2 is 1.94 bits per heavy atom. The molecule has 0 atom stereocenters. The molecule has 94 valence electrons. The predicted octanol–water partition coefficient (Wildman–Crippen LogP) is 4.62. The Hall–Kier alpha value is -0.640. The van der Waals surface area contributed by atoms with Gasteiger partial charge < -0.3 is 4.90 Å². The van der Waals surface area contributed by atoms with Crippen molar-refractivity contribution in [1.82, 2.24) is 0 Å². The highest BCUT2D eigenvalue weighted by Crippen LogP contribution is 2.33. The summed E-state index contributed by atoms with van der Waals surface area (Å²) in [5.41, 5.74) is 1.10. The summed E-state index contributed by atoms with van der Waals surface area (Å²) in [5.74, 6) is 0.769. The summed E-state index contributed by atoms with van der Waals surface area (Å²) >= 11 is 3.39. The smallest absolute Gasteiger partial charge is 0.263 e. The fraction of sp³-hybridized carbons (Fsp3) is 0.538. The monoisotopic (exact) mass is 303 g/mol. The van der Waals surface area contributed by atoms with Crippen LogP contribution in [0.3, 0.4) is 0 Å². The molecule has 0 radical (unpaired) electrons. The fourth-order valence-corrected chi connectivity index (χ4v) is 2.81. The van der Waals surface area contributed by atoms with Crippen molar-refractivity contribution in [3.63, 3.8) is 0 Å². The van der Waals surface area contributed by atoms with Crippen LogP contribution in [-0.2, 0) is 0 Å². The van der Waals surface area contributed by atoms with Gasteiger partial charge in [-0.2, -0.15) is 0 Å². The molecule has 17 heavy (non-hydrogen) atoms. The molecule has 2 rings (SSSR count). The Bertz CT molecular complexity index is 387. The van der Waals surface area contributed by atoms with Gasteiger partial charge >= 0.3 is 0 Å². The molecule has 1 heterocycles. The normalized spacial score (nSPS) is 17.8. The third-order valence-corrected chi connectivity index (χ3v) is 3.98. The molecule has 1 aromatic carbocycles. The molecule has 0 aliphatic carbocycles. The maximum absolute atomic E-state index is 12.5. The lowest BCUT2D eigenvalue weighted by molar-refractivity contribution is 0.151. The first kappa shape index (κ1) is 12.8. The summed E-state index contributed by atoms with van der Waals surface area (Å²) < 4.78 is 25.8. The summed E-state index contributed by atoms with van der Waals surface area (Å²) in [7, 11) is 0. The van der Waals surface area contributed by atoms with Gasteiger partial charge in [0.2, 0.25) is 0 Å². The number of piperidine rings is 1. The predicted molar refractivity (Wildman–Crippen MR) is 69.7 cm³/mol. The molecule has 0 saturated carbocycles. The van der Waals surface area contributed by atoms with Crippen molar-refractivity contribution in [2.45, 2.75) is 26.2 Å². The van der Waals surface area contributed by atoms with Gasteiger partial charge in [-0.05, 0) is 46.8 Å². The average molecular weight is 304 g/mol. The van der Waals surface area contributed by atoms with E-state index in [2.05, 4.69) is 27.8 Å². The van der Waals surface area contributed by atoms with E-state index in [9.17, 15) is 8.78 Å². The van der Waals surface area contributed by atoms with Crippen molar-refractivity contribution in [2.24, 2.45) is 5.92 Å². The van der Waals surface area contributed by atoms with Crippen LogP contribution in [0.2, 0.25) is 0 Å². The summed E-state index contributed by atoms with van der Waals surface area (Å²) in [6.45, 7) is 4.27. The molecule has 4 heteroatoms. The van der Waals surface area contributed by atoms with Gasteiger partial charge in [0.15, 0.2) is 0 Å². The van der Waals surface area contributed by atoms with E-state index < -0.39 is 6.43 Å². The number of benzene rings is 1. The minimum absolute atomic E-state index is 0.0750. The Morgan fingerprint density at radius 1 is 1.29 bits per heavy atom. The molecule has 1 aliphatic rings. The van der Waals surface area contributed by atoms with Gasteiger partial charge in [-0.25, -0.2) is 8.78 Å². The largest absolute Gasteiger partial charge is 0.371 e. The first-order chi connectivity index (χ1) is 8.08. The molecule has 0 spiro atoms. The van der Waals surface area contributed by atoms with Crippen molar-refractivity contribution < 1.29 is 8.78 Å². The first-order valence-corrected chi connectivity index (χ1v) is 6.70. The molecular formula is C13H16BrF2N. The molecule has 1 fully saturated rings. The zero-order valence-corrected chi connectivity index (χ0v) is 11.4. The van der Waals surface area contributed by atoms with Gasteiger partial charge in [0.25, 0.3) is 6.43 Å². The standard InChI is InChI=1S/C13H16BrF2N/c1-9-4-6-17(7-5-9)12-3-2-10(13(15)16)8-11(12)14/h2-3,8-9,13H,4-7H2,1H3. The van der Waals surface area contributed by atoms with Gasteiger partial charge in [0, 0.05) is 23.1 Å². The van der Waals surface area contributed by atoms with Crippen LogP contribution < -0.4 is 4.90 Å². The van der Waals surface area contributed by atoms with E-state index in [0.29, 0.717) is 0 Å². The van der Waals surface area contributed by atoms with Crippen LogP contribution in [0.15, 0.2) is 22.7 Å². The van der Waals surface area contributed by atoms with E-state index in [1.807, 2.05) is 0 Å². The topological polar surface area (TPSA) is 3.24 Å². The lowest BCUT2D eigenvalue weighted by atomic mass is 9.99. The molecule has 1 saturated heterocycles. The highest BCUT2D eigenvalue weighted by Gasteiger charge is 2.18. The van der Waals surface area contributed by atoms with Crippen LogP contribution in [0.5, 0.6) is 0 Å². The number of rotatable bonds is 2. The Balaban J connectivity index is 2.16. The van der Waals surface area contributed by atoms with E-state index in [4.69, 9.17) is 0 Å². The minimum Gasteiger partial charge on any atom is -0.371 e. The molecule has 0 N–H and O–H groups in total. The average Bonchev–Trinajstić information content (AvgIpc) is 2.30. The number of halogens is 3. The lowest BCUT2D eigenvalue weighted by Crippen LogP contribution is -2.32. The van der Waals surface area contributed by atoms with E-state index in [-0.39, 0.29) is 5.56 Å². The SMILES string of the molecule is CC1CCN(c2ccc(C(F)F)cc2Br)CC1. The van der Waals surface area contributed by atoms with Gasteiger partial charge in [0.05, 0.1) is 5.69 Å². The number of anilines is 1. The van der Waals surface area contributed by atoms with Gasteiger partial charge in [-0.3, -0.25) is 0 Å². The van der Waals surface area contributed by atoms with Crippen LogP contribution in [0.4, 0.5) is 14.5 Å². The Morgan fingerprint density at radius 3 is 2.47 bits per heavy atom. The van der Waals surface area contributed by atoms with E-state index in [1.165, 1.54) is 25.0 Å². The second kappa shape index (κ2) is 5.34. The third kappa shape index (κ3) is 2.97. The van der Waals surface area contributed by atoms with Crippen molar-refractivity contribution in [2.75, 3.05) is 18.0 Å². The fourth-order valence-electron chi connectivity index (χ4n) is 2.16. The number of hydrogen-bond acceptors (Lipinski definition) is 1. The van der Waals surface area contributed by atoms with Crippen LogP contribution >= 0.6 is 15.9 Å². The Kier molecular flexibility index (Phi) is 4.02. The van der Waals surface area contributed by atoms with Crippen LogP contribution in [-0.4, -0.2) is 13.1 Å². The van der Waals surface area contributed by atoms with E-state index in [0.717, 1.165) is 29.2 Å². The summed E-state index contributed by atoms with van der Waals surface area (Å²) in [6, 6.07) is 4.84. The molecule has 0 aromatic heterocycles. The zero-order valence-electron chi connectivity index (χ0n) is 9.80. The summed E-state index contributed by atoms with van der Waals surface area (Å²) in [6.07, 6.45) is -0.0618.